The second kappa shape index (κ2) is 8.12. The number of rotatable bonds is 5. The molecule has 0 aliphatic heterocycles. The number of carbonyl (C=O) groups is 1. The Morgan fingerprint density at radius 3 is 2.52 bits per heavy atom. The number of hydrogen-bond acceptors (Lipinski definition) is 6. The number of nitrogen functional groups attached to an aromatic ring is 1. The summed E-state index contributed by atoms with van der Waals surface area (Å²) in [6, 6.07) is 17.8. The number of hydrogen-bond donors (Lipinski definition) is 3. The number of nitrogens with two attached hydrogens (primary N) is 1. The number of benzene rings is 2. The van der Waals surface area contributed by atoms with Gasteiger partial charge in [0, 0.05) is 11.3 Å². The van der Waals surface area contributed by atoms with Gasteiger partial charge in [-0.25, -0.2) is 9.97 Å². The van der Waals surface area contributed by atoms with Crippen LogP contribution >= 0.6 is 11.3 Å². The minimum absolute atomic E-state index is 0.165. The van der Waals surface area contributed by atoms with E-state index < -0.39 is 0 Å². The van der Waals surface area contributed by atoms with E-state index in [-0.39, 0.29) is 18.1 Å². The van der Waals surface area contributed by atoms with Crippen molar-refractivity contribution in [3.63, 3.8) is 0 Å². The van der Waals surface area contributed by atoms with Gasteiger partial charge in [0.15, 0.2) is 5.82 Å². The Morgan fingerprint density at radius 2 is 1.83 bits per heavy atom. The summed E-state index contributed by atoms with van der Waals surface area (Å²) in [5.74, 6) is 0.372. The lowest BCUT2D eigenvalue weighted by molar-refractivity contribution is -0.115. The van der Waals surface area contributed by atoms with Gasteiger partial charge in [0.2, 0.25) is 5.91 Å². The van der Waals surface area contributed by atoms with Gasteiger partial charge in [-0.15, -0.1) is 11.3 Å². The summed E-state index contributed by atoms with van der Waals surface area (Å²) < 4.78 is 0. The second-order valence-corrected chi connectivity index (χ2v) is 7.39. The molecule has 2 aromatic heterocycles. The number of carbonyl (C=O) groups excluding carboxylic acids is 1. The molecule has 0 atom stereocenters. The minimum atomic E-state index is -0.206. The zero-order chi connectivity index (χ0) is 20.2. The smallest absolute Gasteiger partial charge is 0.230 e. The summed E-state index contributed by atoms with van der Waals surface area (Å²) in [5, 5.41) is 14.2. The number of aromatic nitrogens is 2. The predicted molar refractivity (Wildman–Crippen MR) is 116 cm³/mol. The lowest BCUT2D eigenvalue weighted by Gasteiger charge is -2.11. The number of nitrogens with zero attached hydrogens (tertiary/aromatic N) is 2. The van der Waals surface area contributed by atoms with E-state index in [1.165, 1.54) is 11.3 Å². The molecular weight excluding hydrogens is 384 g/mol. The molecule has 0 aliphatic carbocycles. The average molecular weight is 402 g/mol. The van der Waals surface area contributed by atoms with E-state index in [1.807, 2.05) is 41.8 Å². The Bertz CT molecular complexity index is 1120. The van der Waals surface area contributed by atoms with Crippen molar-refractivity contribution in [3.8, 4) is 27.6 Å². The molecule has 29 heavy (non-hydrogen) atoms. The van der Waals surface area contributed by atoms with Crippen LogP contribution in [0.4, 0.5) is 11.5 Å². The van der Waals surface area contributed by atoms with Crippen LogP contribution in [-0.4, -0.2) is 21.0 Å². The molecule has 0 spiro atoms. The number of aromatic hydroxyl groups is 1. The van der Waals surface area contributed by atoms with Gasteiger partial charge in [-0.3, -0.25) is 4.79 Å². The fourth-order valence-electron chi connectivity index (χ4n) is 2.83. The van der Waals surface area contributed by atoms with E-state index in [9.17, 15) is 9.90 Å². The van der Waals surface area contributed by atoms with Crippen LogP contribution < -0.4 is 11.1 Å². The van der Waals surface area contributed by atoms with Crippen LogP contribution in [0, 0.1) is 0 Å². The molecule has 2 heterocycles. The van der Waals surface area contributed by atoms with Crippen molar-refractivity contribution in [1.82, 2.24) is 9.97 Å². The topological polar surface area (TPSA) is 101 Å². The molecule has 4 rings (SSSR count). The van der Waals surface area contributed by atoms with Crippen LogP contribution in [0.15, 0.2) is 72.2 Å². The van der Waals surface area contributed by atoms with E-state index in [4.69, 9.17) is 10.7 Å². The Kier molecular flexibility index (Phi) is 5.22. The molecule has 2 aromatic carbocycles. The van der Waals surface area contributed by atoms with Gasteiger partial charge in [-0.05, 0) is 41.3 Å². The number of phenols is 1. The normalized spacial score (nSPS) is 10.6. The molecule has 0 fully saturated rings. The standard InChI is InChI=1S/C22H18N4O2S/c23-16-7-5-15(6-8-16)18-13-24-22(21(25-18)19-2-1-11-29-19)26-20(28)12-14-3-9-17(27)10-4-14/h1-11,13,27H,12,23H2,(H,24,26,28). The van der Waals surface area contributed by atoms with E-state index in [0.29, 0.717) is 22.9 Å². The van der Waals surface area contributed by atoms with Gasteiger partial charge in [0.05, 0.1) is 23.2 Å². The van der Waals surface area contributed by atoms with Crippen molar-refractivity contribution in [3.05, 3.63) is 77.8 Å². The van der Waals surface area contributed by atoms with Crippen molar-refractivity contribution >= 4 is 28.7 Å². The summed E-state index contributed by atoms with van der Waals surface area (Å²) in [5.41, 5.74) is 9.45. The summed E-state index contributed by atoms with van der Waals surface area (Å²) in [6.07, 6.45) is 1.81. The van der Waals surface area contributed by atoms with E-state index in [0.717, 1.165) is 16.0 Å². The number of nitrogens with one attached hydrogen (secondary N) is 1. The van der Waals surface area contributed by atoms with Gasteiger partial charge in [-0.2, -0.15) is 0 Å². The fraction of sp³-hybridized carbons (Fsp3) is 0.0455. The van der Waals surface area contributed by atoms with Crippen LogP contribution in [-0.2, 0) is 11.2 Å². The summed E-state index contributed by atoms with van der Waals surface area (Å²) >= 11 is 1.53. The first-order valence-electron chi connectivity index (χ1n) is 8.93. The first-order chi connectivity index (χ1) is 14.1. The van der Waals surface area contributed by atoms with Gasteiger partial charge >= 0.3 is 0 Å². The molecule has 7 heteroatoms. The lowest BCUT2D eigenvalue weighted by Crippen LogP contribution is -2.16. The quantitative estimate of drug-likeness (QED) is 0.431. The Hall–Kier alpha value is -3.71. The Morgan fingerprint density at radius 1 is 1.07 bits per heavy atom. The fourth-order valence-corrected chi connectivity index (χ4v) is 3.55. The van der Waals surface area contributed by atoms with Crippen LogP contribution in [0.5, 0.6) is 5.75 Å². The highest BCUT2D eigenvalue weighted by atomic mass is 32.1. The van der Waals surface area contributed by atoms with Crippen molar-refractivity contribution in [2.24, 2.45) is 0 Å². The predicted octanol–water partition coefficient (Wildman–Crippen LogP) is 4.34. The van der Waals surface area contributed by atoms with Crippen molar-refractivity contribution in [2.75, 3.05) is 11.1 Å². The average Bonchev–Trinajstić information content (AvgIpc) is 3.25. The molecule has 1 amide bonds. The molecule has 6 nitrogen and oxygen atoms in total. The first kappa shape index (κ1) is 18.6. The Balaban J connectivity index is 1.62. The largest absolute Gasteiger partial charge is 0.508 e. The summed E-state index contributed by atoms with van der Waals surface area (Å²) in [7, 11) is 0. The zero-order valence-corrected chi connectivity index (χ0v) is 16.2. The third-order valence-electron chi connectivity index (χ3n) is 4.29. The molecule has 144 valence electrons. The Labute approximate surface area is 171 Å². The minimum Gasteiger partial charge on any atom is -0.508 e. The molecule has 4 N–H and O–H groups in total. The molecule has 0 saturated carbocycles. The lowest BCUT2D eigenvalue weighted by atomic mass is 10.1. The zero-order valence-electron chi connectivity index (χ0n) is 15.4. The highest BCUT2D eigenvalue weighted by Gasteiger charge is 2.15. The highest BCUT2D eigenvalue weighted by molar-refractivity contribution is 7.13. The first-order valence-corrected chi connectivity index (χ1v) is 9.81. The molecular formula is C22H18N4O2S. The van der Waals surface area contributed by atoms with Gasteiger partial charge in [0.25, 0.3) is 0 Å². The van der Waals surface area contributed by atoms with E-state index in [2.05, 4.69) is 10.3 Å². The number of amides is 1. The summed E-state index contributed by atoms with van der Waals surface area (Å²) in [6.45, 7) is 0. The van der Waals surface area contributed by atoms with Gasteiger partial charge in [-0.1, -0.05) is 30.3 Å². The van der Waals surface area contributed by atoms with E-state index in [1.54, 1.807) is 30.5 Å². The number of anilines is 2. The maximum absolute atomic E-state index is 12.5. The summed E-state index contributed by atoms with van der Waals surface area (Å²) in [4.78, 5) is 22.7. The maximum atomic E-state index is 12.5. The molecule has 0 unspecified atom stereocenters. The number of thiophene rings is 1. The van der Waals surface area contributed by atoms with Crippen LogP contribution in [0.2, 0.25) is 0 Å². The van der Waals surface area contributed by atoms with Crippen LogP contribution in [0.1, 0.15) is 5.56 Å². The molecule has 4 aromatic rings. The van der Waals surface area contributed by atoms with E-state index >= 15 is 0 Å². The molecule has 0 saturated heterocycles. The van der Waals surface area contributed by atoms with Crippen LogP contribution in [0.3, 0.4) is 0 Å². The number of phenolic OH excluding ortho intramolecular Hbond substituents is 1. The van der Waals surface area contributed by atoms with Gasteiger partial charge < -0.3 is 16.2 Å². The third kappa shape index (κ3) is 4.41. The van der Waals surface area contributed by atoms with Gasteiger partial charge in [0.1, 0.15) is 11.4 Å². The van der Waals surface area contributed by atoms with Crippen molar-refractivity contribution in [1.29, 1.82) is 0 Å². The second-order valence-electron chi connectivity index (χ2n) is 6.44. The van der Waals surface area contributed by atoms with Crippen molar-refractivity contribution < 1.29 is 9.90 Å². The molecule has 0 radical (unpaired) electrons. The third-order valence-corrected chi connectivity index (χ3v) is 5.17. The highest BCUT2D eigenvalue weighted by Crippen LogP contribution is 2.31. The van der Waals surface area contributed by atoms with Crippen molar-refractivity contribution in [2.45, 2.75) is 6.42 Å². The monoisotopic (exact) mass is 402 g/mol. The maximum Gasteiger partial charge on any atom is 0.230 e. The van der Waals surface area contributed by atoms with Crippen LogP contribution in [0.25, 0.3) is 21.8 Å². The SMILES string of the molecule is Nc1ccc(-c2cnc(NC(=O)Cc3ccc(O)cc3)c(-c3cccs3)n2)cc1. The molecule has 0 bridgehead atoms. The molecule has 0 aliphatic rings.